The Balaban J connectivity index is 2.33. The quantitative estimate of drug-likeness (QED) is 0.845. The predicted molar refractivity (Wildman–Crippen MR) is 62.7 cm³/mol. The number of hydrogen-bond acceptors (Lipinski definition) is 2. The Morgan fingerprint density at radius 1 is 1.44 bits per heavy atom. The molecule has 1 aromatic carbocycles. The summed E-state index contributed by atoms with van der Waals surface area (Å²) in [5, 5.41) is 0. The van der Waals surface area contributed by atoms with Crippen LogP contribution in [0.2, 0.25) is 0 Å². The van der Waals surface area contributed by atoms with E-state index in [1.54, 1.807) is 6.07 Å². The highest BCUT2D eigenvalue weighted by Crippen LogP contribution is 2.41. The zero-order valence-electron chi connectivity index (χ0n) is 9.69. The molecular formula is C13H17NO2. The van der Waals surface area contributed by atoms with Gasteiger partial charge >= 0.3 is 0 Å². The molecule has 0 aromatic heterocycles. The van der Waals surface area contributed by atoms with Crippen molar-refractivity contribution in [2.24, 2.45) is 5.73 Å². The van der Waals surface area contributed by atoms with Crippen molar-refractivity contribution in [2.45, 2.75) is 38.7 Å². The van der Waals surface area contributed by atoms with Crippen LogP contribution in [0.5, 0.6) is 5.75 Å². The highest BCUT2D eigenvalue weighted by molar-refractivity contribution is 5.95. The Morgan fingerprint density at radius 3 is 2.62 bits per heavy atom. The summed E-state index contributed by atoms with van der Waals surface area (Å²) in [6.45, 7) is 3.88. The standard InChI is InChI=1S/C13H17NO2/c1-8(2)16-12-7-10(9-3-4-9)5-6-11(12)13(14)15/h5-9H,3-4H2,1-2H3,(H2,14,15). The lowest BCUT2D eigenvalue weighted by Gasteiger charge is -2.14. The molecule has 2 N–H and O–H groups in total. The van der Waals surface area contributed by atoms with Crippen LogP contribution in [0.1, 0.15) is 48.5 Å². The molecule has 0 aliphatic heterocycles. The Bertz CT molecular complexity index is 408. The molecule has 3 nitrogen and oxygen atoms in total. The topological polar surface area (TPSA) is 52.3 Å². The largest absolute Gasteiger partial charge is 0.490 e. The summed E-state index contributed by atoms with van der Waals surface area (Å²) < 4.78 is 5.62. The van der Waals surface area contributed by atoms with Gasteiger partial charge in [0.05, 0.1) is 11.7 Å². The molecule has 86 valence electrons. The smallest absolute Gasteiger partial charge is 0.252 e. The first-order valence-electron chi connectivity index (χ1n) is 5.68. The Morgan fingerprint density at radius 2 is 2.12 bits per heavy atom. The third-order valence-electron chi connectivity index (χ3n) is 2.68. The van der Waals surface area contributed by atoms with E-state index in [9.17, 15) is 4.79 Å². The van der Waals surface area contributed by atoms with Crippen LogP contribution in [0.25, 0.3) is 0 Å². The zero-order valence-corrected chi connectivity index (χ0v) is 9.69. The first-order chi connectivity index (χ1) is 7.58. The summed E-state index contributed by atoms with van der Waals surface area (Å²) in [6, 6.07) is 5.70. The maximum atomic E-state index is 11.2. The summed E-state index contributed by atoms with van der Waals surface area (Å²) in [6.07, 6.45) is 2.52. The van der Waals surface area contributed by atoms with Gasteiger partial charge in [0.15, 0.2) is 0 Å². The molecule has 0 radical (unpaired) electrons. The number of rotatable bonds is 4. The number of hydrogen-bond donors (Lipinski definition) is 1. The minimum Gasteiger partial charge on any atom is -0.490 e. The maximum absolute atomic E-state index is 11.2. The van der Waals surface area contributed by atoms with Crippen molar-refractivity contribution in [3.8, 4) is 5.75 Å². The first kappa shape index (κ1) is 11.0. The molecule has 0 saturated heterocycles. The molecule has 3 heteroatoms. The highest BCUT2D eigenvalue weighted by Gasteiger charge is 2.25. The average molecular weight is 219 g/mol. The van der Waals surface area contributed by atoms with Gasteiger partial charge in [0.25, 0.3) is 5.91 Å². The van der Waals surface area contributed by atoms with Crippen molar-refractivity contribution >= 4 is 5.91 Å². The van der Waals surface area contributed by atoms with E-state index in [2.05, 4.69) is 0 Å². The predicted octanol–water partition coefficient (Wildman–Crippen LogP) is 2.45. The zero-order chi connectivity index (χ0) is 11.7. The third-order valence-corrected chi connectivity index (χ3v) is 2.68. The Kier molecular flexibility index (Phi) is 2.86. The van der Waals surface area contributed by atoms with Gasteiger partial charge in [-0.05, 0) is 50.3 Å². The van der Waals surface area contributed by atoms with E-state index in [1.165, 1.54) is 18.4 Å². The summed E-state index contributed by atoms with van der Waals surface area (Å²) in [5.41, 5.74) is 7.03. The van der Waals surface area contributed by atoms with E-state index >= 15 is 0 Å². The fourth-order valence-corrected chi connectivity index (χ4v) is 1.76. The molecule has 2 rings (SSSR count). The molecule has 1 saturated carbocycles. The van der Waals surface area contributed by atoms with Gasteiger partial charge in [-0.25, -0.2) is 0 Å². The lowest BCUT2D eigenvalue weighted by Crippen LogP contribution is -2.15. The normalized spacial score (nSPS) is 15.2. The van der Waals surface area contributed by atoms with Gasteiger partial charge in [0.1, 0.15) is 5.75 Å². The van der Waals surface area contributed by atoms with Crippen molar-refractivity contribution in [3.63, 3.8) is 0 Å². The molecule has 0 bridgehead atoms. The van der Waals surface area contributed by atoms with Gasteiger partial charge < -0.3 is 10.5 Å². The number of nitrogens with two attached hydrogens (primary N) is 1. The molecule has 0 heterocycles. The fourth-order valence-electron chi connectivity index (χ4n) is 1.76. The van der Waals surface area contributed by atoms with Crippen LogP contribution in [-0.2, 0) is 0 Å². The molecule has 1 aliphatic carbocycles. The molecule has 1 amide bonds. The average Bonchev–Trinajstić information content (AvgIpc) is 2.99. The van der Waals surface area contributed by atoms with Gasteiger partial charge in [0.2, 0.25) is 0 Å². The summed E-state index contributed by atoms with van der Waals surface area (Å²) in [5.74, 6) is 0.835. The van der Waals surface area contributed by atoms with Gasteiger partial charge in [0, 0.05) is 0 Å². The van der Waals surface area contributed by atoms with Crippen molar-refractivity contribution in [3.05, 3.63) is 29.3 Å². The number of primary amides is 1. The van der Waals surface area contributed by atoms with Crippen molar-refractivity contribution in [1.29, 1.82) is 0 Å². The van der Waals surface area contributed by atoms with Crippen molar-refractivity contribution < 1.29 is 9.53 Å². The number of carbonyl (C=O) groups is 1. The number of benzene rings is 1. The second-order valence-electron chi connectivity index (χ2n) is 4.56. The Labute approximate surface area is 95.6 Å². The van der Waals surface area contributed by atoms with E-state index in [1.807, 2.05) is 26.0 Å². The minimum atomic E-state index is -0.432. The first-order valence-corrected chi connectivity index (χ1v) is 5.68. The van der Waals surface area contributed by atoms with E-state index < -0.39 is 5.91 Å². The van der Waals surface area contributed by atoms with Crippen LogP contribution in [-0.4, -0.2) is 12.0 Å². The highest BCUT2D eigenvalue weighted by atomic mass is 16.5. The van der Waals surface area contributed by atoms with Crippen molar-refractivity contribution in [2.75, 3.05) is 0 Å². The van der Waals surface area contributed by atoms with E-state index in [0.717, 1.165) is 0 Å². The molecule has 1 aliphatic rings. The Hall–Kier alpha value is -1.51. The van der Waals surface area contributed by atoms with Gasteiger partial charge in [-0.3, -0.25) is 4.79 Å². The number of amides is 1. The minimum absolute atomic E-state index is 0.0487. The number of ether oxygens (including phenoxy) is 1. The lowest BCUT2D eigenvalue weighted by atomic mass is 10.1. The van der Waals surface area contributed by atoms with Crippen LogP contribution in [0.15, 0.2) is 18.2 Å². The molecular weight excluding hydrogens is 202 g/mol. The van der Waals surface area contributed by atoms with Crippen molar-refractivity contribution in [1.82, 2.24) is 0 Å². The third kappa shape index (κ3) is 2.35. The molecule has 16 heavy (non-hydrogen) atoms. The van der Waals surface area contributed by atoms with E-state index in [4.69, 9.17) is 10.5 Å². The second-order valence-corrected chi connectivity index (χ2v) is 4.56. The van der Waals surface area contributed by atoms with Crippen LogP contribution < -0.4 is 10.5 Å². The van der Waals surface area contributed by atoms with Crippen LogP contribution in [0.4, 0.5) is 0 Å². The van der Waals surface area contributed by atoms with Gasteiger partial charge in [-0.1, -0.05) is 6.07 Å². The summed E-state index contributed by atoms with van der Waals surface area (Å²) in [7, 11) is 0. The monoisotopic (exact) mass is 219 g/mol. The lowest BCUT2D eigenvalue weighted by molar-refractivity contribution is 0.0994. The molecule has 0 spiro atoms. The summed E-state index contributed by atoms with van der Waals surface area (Å²) in [4.78, 5) is 11.2. The van der Waals surface area contributed by atoms with Gasteiger partial charge in [-0.2, -0.15) is 0 Å². The fraction of sp³-hybridized carbons (Fsp3) is 0.462. The number of carbonyl (C=O) groups excluding carboxylic acids is 1. The van der Waals surface area contributed by atoms with Crippen LogP contribution in [0, 0.1) is 0 Å². The van der Waals surface area contributed by atoms with Crippen LogP contribution in [0.3, 0.4) is 0 Å². The molecule has 1 aromatic rings. The molecule has 0 atom stereocenters. The van der Waals surface area contributed by atoms with E-state index in [-0.39, 0.29) is 6.10 Å². The SMILES string of the molecule is CC(C)Oc1cc(C2CC2)ccc1C(N)=O. The molecule has 0 unspecified atom stereocenters. The van der Waals surface area contributed by atoms with Gasteiger partial charge in [-0.15, -0.1) is 0 Å². The van der Waals surface area contributed by atoms with E-state index in [0.29, 0.717) is 17.2 Å². The van der Waals surface area contributed by atoms with Crippen LogP contribution >= 0.6 is 0 Å². The summed E-state index contributed by atoms with van der Waals surface area (Å²) >= 11 is 0. The molecule has 1 fully saturated rings. The maximum Gasteiger partial charge on any atom is 0.252 e. The second kappa shape index (κ2) is 4.16.